The van der Waals surface area contributed by atoms with E-state index in [0.717, 1.165) is 0 Å². The topological polar surface area (TPSA) is 37.3 Å². The van der Waals surface area contributed by atoms with Crippen molar-refractivity contribution < 1.29 is 49.4 Å². The molecule has 0 atom stereocenters. The van der Waals surface area contributed by atoms with Crippen molar-refractivity contribution in [2.24, 2.45) is 0 Å². The maximum atomic E-state index is 13.7. The van der Waals surface area contributed by atoms with Gasteiger partial charge in [-0.25, -0.2) is 13.2 Å². The maximum Gasteiger partial charge on any atom is 0.380 e. The minimum Gasteiger partial charge on any atom is -0.481 e. The average Bonchev–Trinajstić information content (AvgIpc) is 2.47. The number of carbonyl (C=O) groups is 1. The molecule has 122 valence electrons. The van der Waals surface area contributed by atoms with E-state index in [-0.39, 0.29) is 0 Å². The van der Waals surface area contributed by atoms with Gasteiger partial charge in [0, 0.05) is 5.56 Å². The highest BCUT2D eigenvalue weighted by Crippen LogP contribution is 2.64. The van der Waals surface area contributed by atoms with Crippen molar-refractivity contribution in [1.82, 2.24) is 0 Å². The standard InChI is InChI=1S/C11H3F9O2/c12-6-2(1-3(21)22)7(13)8(14)5-4(6)9(15,16)11(19,20)10(5,17)18/h1H2,(H,21,22). The number of alkyl halides is 6. The molecule has 1 N–H and O–H groups in total. The molecule has 0 heterocycles. The Balaban J connectivity index is 2.94. The predicted molar refractivity (Wildman–Crippen MR) is 50.4 cm³/mol. The van der Waals surface area contributed by atoms with Crippen LogP contribution in [-0.2, 0) is 23.1 Å². The van der Waals surface area contributed by atoms with Crippen LogP contribution < -0.4 is 0 Å². The van der Waals surface area contributed by atoms with E-state index < -0.39 is 64.3 Å². The number of carboxylic acid groups (broad SMARTS) is 1. The van der Waals surface area contributed by atoms with Crippen LogP contribution >= 0.6 is 0 Å². The fourth-order valence-corrected chi connectivity index (χ4v) is 2.12. The third kappa shape index (κ3) is 1.67. The van der Waals surface area contributed by atoms with Crippen LogP contribution in [0.15, 0.2) is 0 Å². The highest BCUT2D eigenvalue weighted by Gasteiger charge is 2.81. The smallest absolute Gasteiger partial charge is 0.380 e. The number of carboxylic acids is 1. The molecular formula is C11H3F9O2. The molecule has 0 saturated carbocycles. The molecular weight excluding hydrogens is 335 g/mol. The first-order valence-electron chi connectivity index (χ1n) is 5.34. The highest BCUT2D eigenvalue weighted by molar-refractivity contribution is 5.71. The van der Waals surface area contributed by atoms with E-state index >= 15 is 0 Å². The molecule has 1 aromatic carbocycles. The Labute approximate surface area is 115 Å². The molecule has 1 aromatic rings. The Bertz CT molecular complexity index is 681. The van der Waals surface area contributed by atoms with Crippen LogP contribution in [0.2, 0.25) is 0 Å². The molecule has 22 heavy (non-hydrogen) atoms. The Kier molecular flexibility index (Phi) is 3.21. The zero-order chi connectivity index (χ0) is 17.2. The zero-order valence-electron chi connectivity index (χ0n) is 9.96. The lowest BCUT2D eigenvalue weighted by atomic mass is 9.99. The highest BCUT2D eigenvalue weighted by atomic mass is 19.3. The fraction of sp³-hybridized carbons (Fsp3) is 0.364. The maximum absolute atomic E-state index is 13.7. The second kappa shape index (κ2) is 4.29. The third-order valence-corrected chi connectivity index (χ3v) is 3.16. The summed E-state index contributed by atoms with van der Waals surface area (Å²) < 4.78 is 120. The van der Waals surface area contributed by atoms with E-state index in [9.17, 15) is 44.3 Å². The Hall–Kier alpha value is -1.94. The van der Waals surface area contributed by atoms with Gasteiger partial charge in [0.15, 0.2) is 11.6 Å². The Morgan fingerprint density at radius 1 is 0.818 bits per heavy atom. The van der Waals surface area contributed by atoms with Crippen LogP contribution in [0.5, 0.6) is 0 Å². The van der Waals surface area contributed by atoms with Gasteiger partial charge in [0.05, 0.1) is 17.5 Å². The lowest BCUT2D eigenvalue weighted by molar-refractivity contribution is -0.303. The first kappa shape index (κ1) is 16.4. The number of fused-ring (bicyclic) bond motifs is 1. The number of benzene rings is 1. The molecule has 2 rings (SSSR count). The molecule has 0 spiro atoms. The van der Waals surface area contributed by atoms with Gasteiger partial charge in [0.1, 0.15) is 5.82 Å². The summed E-state index contributed by atoms with van der Waals surface area (Å²) in [6, 6.07) is 0. The number of hydrogen-bond acceptors (Lipinski definition) is 1. The molecule has 0 bridgehead atoms. The summed E-state index contributed by atoms with van der Waals surface area (Å²) >= 11 is 0. The quantitative estimate of drug-likeness (QED) is 0.661. The molecule has 0 radical (unpaired) electrons. The molecule has 0 fully saturated rings. The van der Waals surface area contributed by atoms with Gasteiger partial charge < -0.3 is 5.11 Å². The van der Waals surface area contributed by atoms with E-state index in [2.05, 4.69) is 0 Å². The number of halogens is 9. The van der Waals surface area contributed by atoms with Crippen LogP contribution in [0.4, 0.5) is 39.5 Å². The molecule has 0 aliphatic heterocycles. The summed E-state index contributed by atoms with van der Waals surface area (Å²) in [4.78, 5) is 10.4. The molecule has 11 heteroatoms. The van der Waals surface area contributed by atoms with Crippen LogP contribution in [0.25, 0.3) is 0 Å². The van der Waals surface area contributed by atoms with E-state index in [1.807, 2.05) is 0 Å². The molecule has 0 saturated heterocycles. The molecule has 0 aromatic heterocycles. The van der Waals surface area contributed by atoms with Crippen molar-refractivity contribution in [1.29, 1.82) is 0 Å². The second-order valence-electron chi connectivity index (χ2n) is 4.46. The van der Waals surface area contributed by atoms with Crippen LogP contribution in [0, 0.1) is 17.5 Å². The molecule has 0 unspecified atom stereocenters. The van der Waals surface area contributed by atoms with Gasteiger partial charge in [0.2, 0.25) is 0 Å². The van der Waals surface area contributed by atoms with E-state index in [1.54, 1.807) is 0 Å². The van der Waals surface area contributed by atoms with Crippen molar-refractivity contribution in [3.63, 3.8) is 0 Å². The first-order chi connectivity index (χ1) is 9.78. The number of rotatable bonds is 2. The van der Waals surface area contributed by atoms with E-state index in [4.69, 9.17) is 5.11 Å². The molecule has 1 aliphatic carbocycles. The summed E-state index contributed by atoms with van der Waals surface area (Å²) in [6.07, 6.45) is -1.70. The van der Waals surface area contributed by atoms with Gasteiger partial charge in [0.25, 0.3) is 0 Å². The Morgan fingerprint density at radius 3 is 1.64 bits per heavy atom. The lowest BCUT2D eigenvalue weighted by Gasteiger charge is -2.23. The largest absolute Gasteiger partial charge is 0.481 e. The van der Waals surface area contributed by atoms with E-state index in [1.165, 1.54) is 0 Å². The van der Waals surface area contributed by atoms with Crippen LogP contribution in [0.1, 0.15) is 16.7 Å². The second-order valence-corrected chi connectivity index (χ2v) is 4.46. The van der Waals surface area contributed by atoms with Crippen molar-refractivity contribution >= 4 is 5.97 Å². The predicted octanol–water partition coefficient (Wildman–Crippen LogP) is 3.56. The summed E-state index contributed by atoms with van der Waals surface area (Å²) in [7, 11) is 0. The summed E-state index contributed by atoms with van der Waals surface area (Å²) in [6.45, 7) is 0. The van der Waals surface area contributed by atoms with Crippen molar-refractivity contribution in [2.45, 2.75) is 24.2 Å². The van der Waals surface area contributed by atoms with Crippen LogP contribution in [0.3, 0.4) is 0 Å². The van der Waals surface area contributed by atoms with E-state index in [0.29, 0.717) is 0 Å². The monoisotopic (exact) mass is 338 g/mol. The normalized spacial score (nSPS) is 20.8. The third-order valence-electron chi connectivity index (χ3n) is 3.16. The number of aliphatic carboxylic acids is 1. The molecule has 1 aliphatic rings. The molecule has 0 amide bonds. The van der Waals surface area contributed by atoms with Crippen molar-refractivity contribution in [2.75, 3.05) is 0 Å². The van der Waals surface area contributed by atoms with Gasteiger partial charge in [-0.15, -0.1) is 0 Å². The summed E-state index contributed by atoms with van der Waals surface area (Å²) in [5.74, 6) is -28.0. The first-order valence-corrected chi connectivity index (χ1v) is 5.34. The minimum absolute atomic E-state index is 1.70. The van der Waals surface area contributed by atoms with Crippen LogP contribution in [-0.4, -0.2) is 17.0 Å². The summed E-state index contributed by atoms with van der Waals surface area (Å²) in [5, 5.41) is 8.35. The Morgan fingerprint density at radius 2 is 1.23 bits per heavy atom. The van der Waals surface area contributed by atoms with Gasteiger partial charge in [-0.1, -0.05) is 0 Å². The number of hydrogen-bond donors (Lipinski definition) is 1. The molecule has 2 nitrogen and oxygen atoms in total. The van der Waals surface area contributed by atoms with Crippen molar-refractivity contribution in [3.05, 3.63) is 34.1 Å². The van der Waals surface area contributed by atoms with Crippen molar-refractivity contribution in [3.8, 4) is 0 Å². The minimum atomic E-state index is -6.21. The van der Waals surface area contributed by atoms with Gasteiger partial charge >= 0.3 is 23.7 Å². The van der Waals surface area contributed by atoms with Gasteiger partial charge in [-0.05, 0) is 0 Å². The SMILES string of the molecule is O=C(O)Cc1c(F)c(F)c2c(c1F)C(F)(F)C(F)(F)C2(F)F. The average molecular weight is 338 g/mol. The summed E-state index contributed by atoms with van der Waals surface area (Å²) in [5.41, 5.74) is -7.40. The van der Waals surface area contributed by atoms with Gasteiger partial charge in [-0.2, -0.15) is 26.3 Å². The lowest BCUT2D eigenvalue weighted by Crippen LogP contribution is -2.43. The van der Waals surface area contributed by atoms with Gasteiger partial charge in [-0.3, -0.25) is 4.79 Å². The zero-order valence-corrected chi connectivity index (χ0v) is 9.96. The fourth-order valence-electron chi connectivity index (χ4n) is 2.12.